The summed E-state index contributed by atoms with van der Waals surface area (Å²) in [6, 6.07) is 12.3. The van der Waals surface area contributed by atoms with E-state index in [4.69, 9.17) is 37.5 Å². The molecule has 1 aliphatic rings. The summed E-state index contributed by atoms with van der Waals surface area (Å²) in [5.74, 6) is 1.36. The molecule has 1 fully saturated rings. The van der Waals surface area contributed by atoms with Crippen molar-refractivity contribution in [2.24, 2.45) is 11.5 Å². The third kappa shape index (κ3) is 5.15. The molecule has 0 saturated heterocycles. The first-order valence-corrected chi connectivity index (χ1v) is 12.6. The normalized spacial score (nSPS) is 17.3. The van der Waals surface area contributed by atoms with Crippen molar-refractivity contribution >= 4 is 40.6 Å². The van der Waals surface area contributed by atoms with Crippen LogP contribution in [0, 0.1) is 0 Å². The van der Waals surface area contributed by atoms with E-state index >= 15 is 0 Å². The van der Waals surface area contributed by atoms with E-state index in [0.29, 0.717) is 39.5 Å². The monoisotopic (exact) mass is 536 g/mol. The topological polar surface area (TPSA) is 155 Å². The molecule has 198 valence electrons. The van der Waals surface area contributed by atoms with Crippen LogP contribution in [0.3, 0.4) is 0 Å². The summed E-state index contributed by atoms with van der Waals surface area (Å²) in [5.41, 5.74) is 13.9. The Hall–Kier alpha value is -4.09. The molecule has 0 spiro atoms. The van der Waals surface area contributed by atoms with Crippen LogP contribution >= 0.6 is 11.6 Å². The van der Waals surface area contributed by atoms with Gasteiger partial charge in [-0.2, -0.15) is 9.50 Å². The first kappa shape index (κ1) is 25.6. The first-order chi connectivity index (χ1) is 18.4. The van der Waals surface area contributed by atoms with Gasteiger partial charge in [-0.25, -0.2) is 4.98 Å². The largest absolute Gasteiger partial charge is 0.497 e. The number of fused-ring (bicyclic) bond motifs is 1. The van der Waals surface area contributed by atoms with Gasteiger partial charge in [-0.05, 0) is 25.0 Å². The number of carbonyl (C=O) groups is 1. The van der Waals surface area contributed by atoms with Crippen LogP contribution in [-0.2, 0) is 0 Å². The predicted molar refractivity (Wildman–Crippen MR) is 146 cm³/mol. The number of nitrogens with two attached hydrogens (primary N) is 2. The van der Waals surface area contributed by atoms with Crippen molar-refractivity contribution in [2.75, 3.05) is 24.9 Å². The highest BCUT2D eigenvalue weighted by Gasteiger charge is 2.27. The van der Waals surface area contributed by atoms with Gasteiger partial charge in [0.2, 0.25) is 5.95 Å². The number of hydrogen-bond donors (Lipinski definition) is 4. The zero-order valence-electron chi connectivity index (χ0n) is 21.1. The molecule has 4 aromatic rings. The molecule has 2 aromatic heterocycles. The molecule has 2 heterocycles. The van der Waals surface area contributed by atoms with Crippen molar-refractivity contribution in [2.45, 2.75) is 37.8 Å². The Balaban J connectivity index is 1.68. The minimum absolute atomic E-state index is 0.0255. The van der Waals surface area contributed by atoms with Gasteiger partial charge in [-0.15, -0.1) is 5.10 Å². The van der Waals surface area contributed by atoms with Crippen LogP contribution < -0.4 is 31.6 Å². The van der Waals surface area contributed by atoms with Gasteiger partial charge in [0.1, 0.15) is 17.1 Å². The number of amides is 1. The fourth-order valence-electron chi connectivity index (χ4n) is 4.62. The molecule has 12 heteroatoms. The van der Waals surface area contributed by atoms with Gasteiger partial charge in [0.05, 0.1) is 14.2 Å². The Bertz CT molecular complexity index is 1470. The average molecular weight is 537 g/mol. The Morgan fingerprint density at radius 2 is 1.82 bits per heavy atom. The summed E-state index contributed by atoms with van der Waals surface area (Å²) in [6.45, 7) is 0. The summed E-state index contributed by atoms with van der Waals surface area (Å²) >= 11 is 6.21. The van der Waals surface area contributed by atoms with Gasteiger partial charge in [-0.1, -0.05) is 36.6 Å². The number of aromatic nitrogens is 4. The lowest BCUT2D eigenvalue weighted by Crippen LogP contribution is -2.43. The molecule has 0 aliphatic heterocycles. The van der Waals surface area contributed by atoms with Crippen molar-refractivity contribution in [3.63, 3.8) is 0 Å². The average Bonchev–Trinajstić information content (AvgIpc) is 3.35. The lowest BCUT2D eigenvalue weighted by atomic mass is 9.91. The molecule has 11 nitrogen and oxygen atoms in total. The Labute approximate surface area is 224 Å². The Morgan fingerprint density at radius 1 is 1.08 bits per heavy atom. The molecule has 2 aromatic carbocycles. The molecular formula is C26H29ClN8O3. The third-order valence-electron chi connectivity index (χ3n) is 6.56. The maximum Gasteiger partial charge on any atom is 0.256 e. The molecule has 1 amide bonds. The first-order valence-electron chi connectivity index (χ1n) is 12.2. The molecule has 1 saturated carbocycles. The quantitative estimate of drug-likeness (QED) is 0.261. The number of carbonyl (C=O) groups excluding carboxylic acids is 1. The van der Waals surface area contributed by atoms with Gasteiger partial charge in [0.25, 0.3) is 5.91 Å². The molecule has 2 atom stereocenters. The van der Waals surface area contributed by atoms with Gasteiger partial charge in [0.15, 0.2) is 17.3 Å². The van der Waals surface area contributed by atoms with Crippen LogP contribution in [0.25, 0.3) is 17.0 Å². The summed E-state index contributed by atoms with van der Waals surface area (Å²) in [7, 11) is 3.11. The maximum absolute atomic E-state index is 12.8. The van der Waals surface area contributed by atoms with Crippen molar-refractivity contribution in [1.29, 1.82) is 0 Å². The number of primary amides is 1. The van der Waals surface area contributed by atoms with Crippen LogP contribution in [0.5, 0.6) is 11.5 Å². The number of benzene rings is 2. The van der Waals surface area contributed by atoms with E-state index in [-0.39, 0.29) is 29.1 Å². The number of nitrogens with one attached hydrogen (secondary N) is 2. The summed E-state index contributed by atoms with van der Waals surface area (Å²) in [6.07, 6.45) is 3.91. The van der Waals surface area contributed by atoms with Crippen LogP contribution in [0.1, 0.15) is 36.0 Å². The predicted octanol–water partition coefficient (Wildman–Crippen LogP) is 3.99. The number of ether oxygens (including phenoxy) is 2. The Kier molecular flexibility index (Phi) is 7.21. The van der Waals surface area contributed by atoms with E-state index < -0.39 is 5.91 Å². The molecule has 0 bridgehead atoms. The van der Waals surface area contributed by atoms with Crippen LogP contribution in [-0.4, -0.2) is 51.8 Å². The van der Waals surface area contributed by atoms with E-state index in [2.05, 4.69) is 20.7 Å². The fraction of sp³-hybridized carbons (Fsp3) is 0.308. The molecule has 0 radical (unpaired) electrons. The minimum Gasteiger partial charge on any atom is -0.497 e. The molecule has 38 heavy (non-hydrogen) atoms. The maximum atomic E-state index is 12.8. The standard InChI is InChI=1S/C26H29ClN8O3/c1-37-17-11-16(12-18(13-17)38-2)30-24-21(22(29)36)25-32-23(14-6-5-7-15(27)10-14)34-35(25)26(33-24)31-20-9-4-3-8-19(20)28/h5-7,10-13,19-20,30H,3-4,8-9,28H2,1-2H3,(H2,29,36)(H,31,33)/t19-,20+/m0/s1. The highest BCUT2D eigenvalue weighted by atomic mass is 35.5. The fourth-order valence-corrected chi connectivity index (χ4v) is 4.81. The highest BCUT2D eigenvalue weighted by molar-refractivity contribution is 6.30. The summed E-state index contributed by atoms with van der Waals surface area (Å²) < 4.78 is 12.3. The molecule has 0 unspecified atom stereocenters. The molecule has 6 N–H and O–H groups in total. The smallest absolute Gasteiger partial charge is 0.256 e. The zero-order valence-corrected chi connectivity index (χ0v) is 21.8. The van der Waals surface area contributed by atoms with E-state index in [1.54, 1.807) is 50.6 Å². The second-order valence-electron chi connectivity index (χ2n) is 9.13. The number of anilines is 3. The minimum atomic E-state index is -0.717. The van der Waals surface area contributed by atoms with Crippen molar-refractivity contribution in [1.82, 2.24) is 19.6 Å². The third-order valence-corrected chi connectivity index (χ3v) is 6.80. The van der Waals surface area contributed by atoms with E-state index in [0.717, 1.165) is 25.7 Å². The zero-order chi connectivity index (χ0) is 26.8. The highest BCUT2D eigenvalue weighted by Crippen LogP contribution is 2.32. The van der Waals surface area contributed by atoms with Crippen molar-refractivity contribution < 1.29 is 14.3 Å². The van der Waals surface area contributed by atoms with E-state index in [9.17, 15) is 4.79 Å². The second-order valence-corrected chi connectivity index (χ2v) is 9.57. The lowest BCUT2D eigenvalue weighted by molar-refractivity contribution is 0.100. The van der Waals surface area contributed by atoms with E-state index in [1.165, 1.54) is 4.52 Å². The summed E-state index contributed by atoms with van der Waals surface area (Å²) in [5, 5.41) is 11.8. The molecule has 5 rings (SSSR count). The molecule has 1 aliphatic carbocycles. The van der Waals surface area contributed by atoms with E-state index in [1.807, 2.05) is 6.07 Å². The number of nitrogens with zero attached hydrogens (tertiary/aromatic N) is 4. The SMILES string of the molecule is COc1cc(Nc2nc(N[C@@H]3CCCC[C@@H]3N)n3nc(-c4cccc(Cl)c4)nc3c2C(N)=O)cc(OC)c1. The lowest BCUT2D eigenvalue weighted by Gasteiger charge is -2.29. The molecular weight excluding hydrogens is 508 g/mol. The van der Waals surface area contributed by atoms with Gasteiger partial charge >= 0.3 is 0 Å². The van der Waals surface area contributed by atoms with Gasteiger partial charge in [-0.3, -0.25) is 4.79 Å². The number of halogens is 1. The van der Waals surface area contributed by atoms with Crippen LogP contribution in [0.2, 0.25) is 5.02 Å². The van der Waals surface area contributed by atoms with Crippen LogP contribution in [0.15, 0.2) is 42.5 Å². The van der Waals surface area contributed by atoms with Crippen molar-refractivity contribution in [3.8, 4) is 22.9 Å². The van der Waals surface area contributed by atoms with Crippen LogP contribution in [0.4, 0.5) is 17.5 Å². The number of rotatable bonds is 8. The number of hydrogen-bond acceptors (Lipinski definition) is 9. The summed E-state index contributed by atoms with van der Waals surface area (Å²) in [4.78, 5) is 22.2. The van der Waals surface area contributed by atoms with Gasteiger partial charge < -0.3 is 31.6 Å². The number of methoxy groups -OCH3 is 2. The van der Waals surface area contributed by atoms with Crippen molar-refractivity contribution in [3.05, 3.63) is 53.1 Å². The Morgan fingerprint density at radius 3 is 2.47 bits per heavy atom. The van der Waals surface area contributed by atoms with Gasteiger partial charge in [0, 0.05) is 46.6 Å². The second kappa shape index (κ2) is 10.7.